The summed E-state index contributed by atoms with van der Waals surface area (Å²) < 4.78 is 75.3. The number of aromatic nitrogens is 6. The standard InChI is InChI=1S/C15H9F3N3.C15H8F3N3.Ir/c2*16-15(17,18)14-9-13(20-21-14)12-8-4-7-11(19-12)10-5-2-1-3-6-10;/h1-5,7-9H,(H,20,21);1-5,7-9H;/q-1;-2;+3. The first kappa shape index (κ1) is 31.3. The number of halogens is 6. The third-order valence-electron chi connectivity index (χ3n) is 5.71. The third kappa shape index (κ3) is 7.82. The van der Waals surface area contributed by atoms with Gasteiger partial charge in [-0.25, -0.2) is 0 Å². The van der Waals surface area contributed by atoms with Crippen molar-refractivity contribution in [1.29, 1.82) is 0 Å². The van der Waals surface area contributed by atoms with Crippen molar-refractivity contribution >= 4 is 0 Å². The number of nitrogens with zero attached hydrogens (tertiary/aromatic N) is 5. The van der Waals surface area contributed by atoms with Crippen molar-refractivity contribution < 1.29 is 46.4 Å². The fraction of sp³-hybridized carbons (Fsp3) is 0.0667. The zero-order chi connectivity index (χ0) is 29.7. The molecule has 0 spiro atoms. The fourth-order valence-electron chi connectivity index (χ4n) is 3.72. The Labute approximate surface area is 254 Å². The van der Waals surface area contributed by atoms with Gasteiger partial charge in [-0.05, 0) is 35.7 Å². The normalized spacial score (nSPS) is 11.3. The van der Waals surface area contributed by atoms with Gasteiger partial charge >= 0.3 is 32.5 Å². The van der Waals surface area contributed by atoms with Crippen LogP contribution in [0.3, 0.4) is 0 Å². The van der Waals surface area contributed by atoms with Crippen LogP contribution in [-0.4, -0.2) is 25.3 Å². The molecule has 0 radical (unpaired) electrons. The number of H-pyrrole nitrogens is 1. The van der Waals surface area contributed by atoms with Gasteiger partial charge in [0.15, 0.2) is 0 Å². The van der Waals surface area contributed by atoms with Crippen molar-refractivity contribution in [3.63, 3.8) is 0 Å². The second-order valence-corrected chi connectivity index (χ2v) is 8.65. The summed E-state index contributed by atoms with van der Waals surface area (Å²) in [6.45, 7) is 0. The predicted octanol–water partition coefficient (Wildman–Crippen LogP) is 7.54. The van der Waals surface area contributed by atoms with Gasteiger partial charge in [-0.2, -0.15) is 31.4 Å². The van der Waals surface area contributed by atoms with E-state index in [4.69, 9.17) is 0 Å². The Morgan fingerprint density at radius 3 is 1.65 bits per heavy atom. The van der Waals surface area contributed by atoms with Gasteiger partial charge in [0.2, 0.25) is 0 Å². The maximum absolute atomic E-state index is 12.6. The molecule has 1 N–H and O–H groups in total. The summed E-state index contributed by atoms with van der Waals surface area (Å²) in [4.78, 5) is 8.64. The van der Waals surface area contributed by atoms with Gasteiger partial charge in [0.1, 0.15) is 17.1 Å². The summed E-state index contributed by atoms with van der Waals surface area (Å²) in [5, 5.41) is 12.3. The van der Waals surface area contributed by atoms with Gasteiger partial charge in [-0.15, -0.1) is 71.8 Å². The van der Waals surface area contributed by atoms with Gasteiger partial charge in [0.05, 0.1) is 5.69 Å². The van der Waals surface area contributed by atoms with Crippen LogP contribution in [0.2, 0.25) is 0 Å². The van der Waals surface area contributed by atoms with E-state index in [2.05, 4.69) is 37.4 Å². The Kier molecular flexibility index (Phi) is 9.57. The maximum Gasteiger partial charge on any atom is 3.00 e. The van der Waals surface area contributed by atoms with E-state index in [1.54, 1.807) is 48.5 Å². The van der Waals surface area contributed by atoms with Crippen LogP contribution >= 0.6 is 0 Å². The molecule has 0 unspecified atom stereocenters. The van der Waals surface area contributed by atoms with Crippen molar-refractivity contribution in [2.45, 2.75) is 12.4 Å². The van der Waals surface area contributed by atoms with Crippen molar-refractivity contribution in [2.24, 2.45) is 0 Å². The number of nitrogens with one attached hydrogen (secondary N) is 1. The minimum atomic E-state index is -4.50. The molecule has 6 nitrogen and oxygen atoms in total. The first-order chi connectivity index (χ1) is 20.1. The molecule has 0 fully saturated rings. The molecule has 0 amide bonds. The summed E-state index contributed by atoms with van der Waals surface area (Å²) in [5.74, 6) is 0. The van der Waals surface area contributed by atoms with E-state index in [0.29, 0.717) is 22.8 Å². The molecule has 0 bridgehead atoms. The summed E-state index contributed by atoms with van der Waals surface area (Å²) in [6, 6.07) is 32.5. The molecule has 2 aromatic carbocycles. The molecule has 0 saturated carbocycles. The van der Waals surface area contributed by atoms with E-state index in [1.807, 2.05) is 41.5 Å². The molecule has 0 saturated heterocycles. The van der Waals surface area contributed by atoms with Crippen molar-refractivity contribution in [3.05, 3.63) is 121 Å². The summed E-state index contributed by atoms with van der Waals surface area (Å²) in [6.07, 6.45) is -8.95. The molecule has 0 aliphatic carbocycles. The van der Waals surface area contributed by atoms with Crippen LogP contribution in [0.25, 0.3) is 45.3 Å². The molecule has 218 valence electrons. The molecule has 6 aromatic rings. The van der Waals surface area contributed by atoms with Gasteiger partial charge < -0.3 is 10.2 Å². The molecule has 6 rings (SSSR count). The van der Waals surface area contributed by atoms with Crippen LogP contribution in [0.4, 0.5) is 26.3 Å². The molecule has 0 aliphatic heterocycles. The molecule has 43 heavy (non-hydrogen) atoms. The maximum atomic E-state index is 12.6. The zero-order valence-corrected chi connectivity index (χ0v) is 24.0. The van der Waals surface area contributed by atoms with Gasteiger partial charge in [-0.3, -0.25) is 15.1 Å². The van der Waals surface area contributed by atoms with Gasteiger partial charge in [0, 0.05) is 5.69 Å². The van der Waals surface area contributed by atoms with E-state index in [1.165, 1.54) is 0 Å². The molecule has 0 atom stereocenters. The van der Waals surface area contributed by atoms with Crippen LogP contribution < -0.4 is 5.10 Å². The Morgan fingerprint density at radius 2 is 1.16 bits per heavy atom. The van der Waals surface area contributed by atoms with Gasteiger partial charge in [-0.1, -0.05) is 30.0 Å². The van der Waals surface area contributed by atoms with E-state index in [9.17, 15) is 26.3 Å². The minimum Gasteiger partial charge on any atom is -0.573 e. The first-order valence-electron chi connectivity index (χ1n) is 12.2. The number of alkyl halides is 6. The van der Waals surface area contributed by atoms with Crippen LogP contribution in [-0.2, 0) is 32.5 Å². The first-order valence-corrected chi connectivity index (χ1v) is 12.2. The molecule has 4 heterocycles. The van der Waals surface area contributed by atoms with Crippen LogP contribution in [0, 0.1) is 12.1 Å². The van der Waals surface area contributed by atoms with Crippen molar-refractivity contribution in [2.75, 3.05) is 0 Å². The zero-order valence-electron chi connectivity index (χ0n) is 21.6. The Bertz CT molecular complexity index is 1630. The Hall–Kier alpha value is -4.61. The third-order valence-corrected chi connectivity index (χ3v) is 5.71. The molecule has 13 heteroatoms. The molecular weight excluding hydrogens is 751 g/mol. The van der Waals surface area contributed by atoms with Crippen LogP contribution in [0.1, 0.15) is 11.4 Å². The van der Waals surface area contributed by atoms with Crippen LogP contribution in [0.15, 0.2) is 97.1 Å². The summed E-state index contributed by atoms with van der Waals surface area (Å²) in [5.41, 5.74) is 1.83. The average Bonchev–Trinajstić information content (AvgIpc) is 3.70. The monoisotopic (exact) mass is 768 g/mol. The summed E-state index contributed by atoms with van der Waals surface area (Å²) >= 11 is 0. The topological polar surface area (TPSA) is 81.4 Å². The Morgan fingerprint density at radius 1 is 0.605 bits per heavy atom. The predicted molar refractivity (Wildman–Crippen MR) is 141 cm³/mol. The fourth-order valence-corrected chi connectivity index (χ4v) is 3.72. The average molecular weight is 768 g/mol. The number of aromatic amines is 1. The number of benzene rings is 2. The van der Waals surface area contributed by atoms with Crippen molar-refractivity contribution in [3.8, 4) is 45.3 Å². The molecule has 0 aliphatic rings. The largest absolute Gasteiger partial charge is 3.00 e. The van der Waals surface area contributed by atoms with Crippen LogP contribution in [0.5, 0.6) is 0 Å². The number of rotatable bonds is 4. The van der Waals surface area contributed by atoms with E-state index in [0.717, 1.165) is 23.3 Å². The molecular formula is C30H17F6IrN6. The smallest absolute Gasteiger partial charge is 0.573 e. The summed E-state index contributed by atoms with van der Waals surface area (Å²) in [7, 11) is 0. The molecule has 4 aromatic heterocycles. The second-order valence-electron chi connectivity index (χ2n) is 8.65. The number of hydrogen-bond donors (Lipinski definition) is 1. The number of pyridine rings is 2. The minimum absolute atomic E-state index is 0. The quantitative estimate of drug-likeness (QED) is 0.148. The van der Waals surface area contributed by atoms with E-state index >= 15 is 0 Å². The Balaban J connectivity index is 0.000000192. The number of hydrogen-bond acceptors (Lipinski definition) is 4. The van der Waals surface area contributed by atoms with Gasteiger partial charge in [0.25, 0.3) is 0 Å². The van der Waals surface area contributed by atoms with E-state index in [-0.39, 0.29) is 31.5 Å². The van der Waals surface area contributed by atoms with E-state index < -0.39 is 23.7 Å². The van der Waals surface area contributed by atoms with Crippen molar-refractivity contribution in [1.82, 2.24) is 30.4 Å². The SMILES string of the molecule is FC(F)(F)c1cc(-c2cccc(-c3[c-]cccc3)n2)[n-]n1.FC(F)(F)c1cc(-c2cccc(-c3[c-]cccc3)n2)n[nH]1.[Ir+3]. The second kappa shape index (κ2) is 13.1.